The van der Waals surface area contributed by atoms with E-state index in [9.17, 15) is 4.39 Å². The Hall–Kier alpha value is -0.980. The van der Waals surface area contributed by atoms with Gasteiger partial charge in [-0.05, 0) is 34.1 Å². The Balaban J connectivity index is 2.42. The lowest BCUT2D eigenvalue weighted by molar-refractivity contribution is 0.386. The summed E-state index contributed by atoms with van der Waals surface area (Å²) < 4.78 is 19.1. The second-order valence-electron chi connectivity index (χ2n) is 3.29. The summed E-state index contributed by atoms with van der Waals surface area (Å²) >= 11 is 4.77. The highest BCUT2D eigenvalue weighted by molar-refractivity contribution is 9.10. The van der Waals surface area contributed by atoms with Crippen LogP contribution in [0.15, 0.2) is 22.8 Å². The smallest absolute Gasteiger partial charge is 0.165 e. The summed E-state index contributed by atoms with van der Waals surface area (Å²) in [6, 6.07) is 4.76. The number of nitrogens with zero attached hydrogens (tertiary/aromatic N) is 1. The summed E-state index contributed by atoms with van der Waals surface area (Å²) in [5.41, 5.74) is 6.28. The van der Waals surface area contributed by atoms with Gasteiger partial charge in [-0.2, -0.15) is 0 Å². The van der Waals surface area contributed by atoms with E-state index in [4.69, 9.17) is 10.5 Å². The number of aromatic nitrogens is 1. The molecule has 0 aliphatic carbocycles. The topological polar surface area (TPSA) is 48.1 Å². The van der Waals surface area contributed by atoms with E-state index in [1.807, 2.05) is 0 Å². The largest absolute Gasteiger partial charge is 0.494 e. The second kappa shape index (κ2) is 5.12. The predicted molar refractivity (Wildman–Crippen MR) is 69.7 cm³/mol. The van der Waals surface area contributed by atoms with Crippen LogP contribution in [-0.4, -0.2) is 12.1 Å². The first-order chi connectivity index (χ1) is 8.15. The molecule has 2 aromatic rings. The zero-order valence-corrected chi connectivity index (χ0v) is 11.4. The molecule has 0 fully saturated rings. The molecule has 0 aliphatic heterocycles. The fourth-order valence-corrected chi connectivity index (χ4v) is 2.91. The van der Waals surface area contributed by atoms with E-state index in [1.54, 1.807) is 12.1 Å². The van der Waals surface area contributed by atoms with Gasteiger partial charge in [-0.3, -0.25) is 0 Å². The highest BCUT2D eigenvalue weighted by atomic mass is 79.9. The molecule has 1 heterocycles. The molecule has 0 amide bonds. The zero-order valence-electron chi connectivity index (χ0n) is 9.04. The molecule has 17 heavy (non-hydrogen) atoms. The number of halogens is 2. The van der Waals surface area contributed by atoms with Crippen molar-refractivity contribution in [1.82, 2.24) is 4.98 Å². The zero-order chi connectivity index (χ0) is 12.4. The molecule has 0 aliphatic rings. The molecule has 0 unspecified atom stereocenters. The van der Waals surface area contributed by atoms with Crippen molar-refractivity contribution in [2.24, 2.45) is 5.73 Å². The third-order valence-electron chi connectivity index (χ3n) is 2.23. The first kappa shape index (κ1) is 12.5. The van der Waals surface area contributed by atoms with Crippen LogP contribution < -0.4 is 10.5 Å². The number of hydrogen-bond acceptors (Lipinski definition) is 4. The van der Waals surface area contributed by atoms with Gasteiger partial charge in [-0.15, -0.1) is 11.3 Å². The minimum Gasteiger partial charge on any atom is -0.494 e. The van der Waals surface area contributed by atoms with Crippen LogP contribution in [0.3, 0.4) is 0 Å². The standard InChI is InChI=1S/C11H10BrFN2OS/c1-16-8-3-2-6(4-7(8)13)11-15-10(12)9(5-14)17-11/h2-4H,5,14H2,1H3. The molecule has 0 spiro atoms. The predicted octanol–water partition coefficient (Wildman–Crippen LogP) is 3.18. The molecule has 1 aromatic carbocycles. The summed E-state index contributed by atoms with van der Waals surface area (Å²) in [5.74, 6) is -0.172. The van der Waals surface area contributed by atoms with E-state index in [0.29, 0.717) is 12.1 Å². The molecule has 1 aromatic heterocycles. The van der Waals surface area contributed by atoms with Gasteiger partial charge in [-0.1, -0.05) is 0 Å². The van der Waals surface area contributed by atoms with Crippen molar-refractivity contribution < 1.29 is 9.13 Å². The van der Waals surface area contributed by atoms with Crippen molar-refractivity contribution in [2.45, 2.75) is 6.54 Å². The second-order valence-corrected chi connectivity index (χ2v) is 5.12. The van der Waals surface area contributed by atoms with Gasteiger partial charge in [0.2, 0.25) is 0 Å². The average Bonchev–Trinajstić information content (AvgIpc) is 2.70. The number of rotatable bonds is 3. The van der Waals surface area contributed by atoms with Crippen LogP contribution in [0.5, 0.6) is 5.75 Å². The minimum atomic E-state index is -0.398. The van der Waals surface area contributed by atoms with Crippen molar-refractivity contribution in [3.05, 3.63) is 33.5 Å². The van der Waals surface area contributed by atoms with Crippen molar-refractivity contribution in [3.63, 3.8) is 0 Å². The number of ether oxygens (including phenoxy) is 1. The van der Waals surface area contributed by atoms with E-state index >= 15 is 0 Å². The Kier molecular flexibility index (Phi) is 3.76. The van der Waals surface area contributed by atoms with Crippen LogP contribution in [-0.2, 0) is 6.54 Å². The average molecular weight is 317 g/mol. The van der Waals surface area contributed by atoms with Crippen molar-refractivity contribution >= 4 is 27.3 Å². The number of benzene rings is 1. The van der Waals surface area contributed by atoms with E-state index in [2.05, 4.69) is 20.9 Å². The molecule has 0 bridgehead atoms. The lowest BCUT2D eigenvalue weighted by Crippen LogP contribution is -1.92. The molecule has 0 saturated heterocycles. The molecule has 3 nitrogen and oxygen atoms in total. The van der Waals surface area contributed by atoms with E-state index < -0.39 is 5.82 Å². The van der Waals surface area contributed by atoms with Crippen molar-refractivity contribution in [3.8, 4) is 16.3 Å². The highest BCUT2D eigenvalue weighted by Gasteiger charge is 2.11. The fourth-order valence-electron chi connectivity index (χ4n) is 1.38. The summed E-state index contributed by atoms with van der Waals surface area (Å²) in [6.07, 6.45) is 0. The van der Waals surface area contributed by atoms with Crippen LogP contribution in [0.25, 0.3) is 10.6 Å². The molecule has 2 N–H and O–H groups in total. The number of methoxy groups -OCH3 is 1. The normalized spacial score (nSPS) is 10.6. The van der Waals surface area contributed by atoms with Gasteiger partial charge in [0.15, 0.2) is 11.6 Å². The van der Waals surface area contributed by atoms with Crippen LogP contribution in [0, 0.1) is 5.82 Å². The lowest BCUT2D eigenvalue weighted by Gasteiger charge is -2.02. The molecule has 0 atom stereocenters. The summed E-state index contributed by atoms with van der Waals surface area (Å²) in [6.45, 7) is 0.414. The Morgan fingerprint density at radius 1 is 1.53 bits per heavy atom. The summed E-state index contributed by atoms with van der Waals surface area (Å²) in [7, 11) is 1.44. The van der Waals surface area contributed by atoms with E-state index in [-0.39, 0.29) is 5.75 Å². The van der Waals surface area contributed by atoms with Crippen LogP contribution >= 0.6 is 27.3 Å². The number of hydrogen-bond donors (Lipinski definition) is 1. The van der Waals surface area contributed by atoms with Gasteiger partial charge in [0, 0.05) is 12.1 Å². The molecule has 6 heteroatoms. The maximum Gasteiger partial charge on any atom is 0.165 e. The maximum atomic E-state index is 13.5. The maximum absolute atomic E-state index is 13.5. The number of nitrogens with two attached hydrogens (primary N) is 1. The Morgan fingerprint density at radius 3 is 2.82 bits per heavy atom. The molecule has 0 saturated carbocycles. The Labute approximate surface area is 111 Å². The van der Waals surface area contributed by atoms with Gasteiger partial charge in [0.25, 0.3) is 0 Å². The minimum absolute atomic E-state index is 0.225. The third kappa shape index (κ3) is 2.48. The molecular formula is C11H10BrFN2OS. The van der Waals surface area contributed by atoms with E-state index in [0.717, 1.165) is 14.5 Å². The quantitative estimate of drug-likeness (QED) is 0.946. The Bertz CT molecular complexity index is 544. The van der Waals surface area contributed by atoms with Gasteiger partial charge in [-0.25, -0.2) is 9.37 Å². The SMILES string of the molecule is COc1ccc(-c2nc(Br)c(CN)s2)cc1F. The molecule has 2 rings (SSSR count). The monoisotopic (exact) mass is 316 g/mol. The molecule has 90 valence electrons. The van der Waals surface area contributed by atoms with E-state index in [1.165, 1.54) is 24.5 Å². The van der Waals surface area contributed by atoms with Gasteiger partial charge in [0.1, 0.15) is 9.61 Å². The highest BCUT2D eigenvalue weighted by Crippen LogP contribution is 2.32. The first-order valence-electron chi connectivity index (χ1n) is 4.85. The molecular weight excluding hydrogens is 307 g/mol. The van der Waals surface area contributed by atoms with Crippen LogP contribution in [0.4, 0.5) is 4.39 Å². The van der Waals surface area contributed by atoms with Crippen molar-refractivity contribution in [1.29, 1.82) is 0 Å². The summed E-state index contributed by atoms with van der Waals surface area (Å²) in [5, 5.41) is 0.735. The third-order valence-corrected chi connectivity index (χ3v) is 4.28. The van der Waals surface area contributed by atoms with Gasteiger partial charge < -0.3 is 10.5 Å². The van der Waals surface area contributed by atoms with Crippen LogP contribution in [0.1, 0.15) is 4.88 Å². The Morgan fingerprint density at radius 2 is 2.29 bits per heavy atom. The van der Waals surface area contributed by atoms with Crippen molar-refractivity contribution in [2.75, 3.05) is 7.11 Å². The van der Waals surface area contributed by atoms with Crippen LogP contribution in [0.2, 0.25) is 0 Å². The van der Waals surface area contributed by atoms with Gasteiger partial charge >= 0.3 is 0 Å². The number of thiazole rings is 1. The molecule has 0 radical (unpaired) electrons. The lowest BCUT2D eigenvalue weighted by atomic mass is 10.2. The first-order valence-corrected chi connectivity index (χ1v) is 6.46. The van der Waals surface area contributed by atoms with Gasteiger partial charge in [0.05, 0.1) is 12.0 Å². The summed E-state index contributed by atoms with van der Waals surface area (Å²) in [4.78, 5) is 5.24. The fraction of sp³-hybridized carbons (Fsp3) is 0.182.